The maximum atomic E-state index is 13.4. The largest absolute Gasteiger partial charge is 0.497 e. The Labute approximate surface area is 204 Å². The van der Waals surface area contributed by atoms with Crippen LogP contribution in [-0.4, -0.2) is 37.5 Å². The van der Waals surface area contributed by atoms with E-state index in [1.54, 1.807) is 43.1 Å². The summed E-state index contributed by atoms with van der Waals surface area (Å²) in [6.07, 6.45) is 2.80. The molecule has 0 aliphatic carbocycles. The van der Waals surface area contributed by atoms with Gasteiger partial charge in [-0.1, -0.05) is 36.4 Å². The predicted molar refractivity (Wildman–Crippen MR) is 137 cm³/mol. The van der Waals surface area contributed by atoms with Crippen LogP contribution in [0.2, 0.25) is 0 Å². The number of aryl methyl sites for hydroxylation is 1. The van der Waals surface area contributed by atoms with Crippen molar-refractivity contribution in [3.8, 4) is 17.0 Å². The molecule has 3 aromatic carbocycles. The van der Waals surface area contributed by atoms with Gasteiger partial charge in [-0.15, -0.1) is 0 Å². The standard InChI is InChI=1S/C26H26N4O4S/c1-18-9-12-21(15-24(18)29-35(3,32)33)27-26(31)23-17-30(16-19-7-5-4-6-8-19)28-25(23)20-10-13-22(34-2)14-11-20/h4-15,17,29H,16H2,1-3H3,(H,27,31). The van der Waals surface area contributed by atoms with Crippen molar-refractivity contribution in [1.29, 1.82) is 0 Å². The number of sulfonamides is 1. The van der Waals surface area contributed by atoms with Crippen LogP contribution in [0.1, 0.15) is 21.5 Å². The van der Waals surface area contributed by atoms with E-state index < -0.39 is 10.0 Å². The molecule has 0 aliphatic heterocycles. The zero-order chi connectivity index (χ0) is 25.0. The van der Waals surface area contributed by atoms with Gasteiger partial charge >= 0.3 is 0 Å². The Morgan fingerprint density at radius 3 is 2.40 bits per heavy atom. The molecule has 1 heterocycles. The van der Waals surface area contributed by atoms with Crippen molar-refractivity contribution in [2.45, 2.75) is 13.5 Å². The highest BCUT2D eigenvalue weighted by Crippen LogP contribution is 2.27. The van der Waals surface area contributed by atoms with E-state index in [9.17, 15) is 13.2 Å². The molecule has 180 valence electrons. The third-order valence-corrected chi connectivity index (χ3v) is 5.94. The number of hydrogen-bond acceptors (Lipinski definition) is 5. The maximum absolute atomic E-state index is 13.4. The topological polar surface area (TPSA) is 102 Å². The molecule has 0 atom stereocenters. The van der Waals surface area contributed by atoms with Gasteiger partial charge in [0.25, 0.3) is 5.91 Å². The second-order valence-corrected chi connectivity index (χ2v) is 9.91. The van der Waals surface area contributed by atoms with Crippen molar-refractivity contribution >= 4 is 27.3 Å². The van der Waals surface area contributed by atoms with Crippen LogP contribution >= 0.6 is 0 Å². The lowest BCUT2D eigenvalue weighted by molar-refractivity contribution is 0.102. The van der Waals surface area contributed by atoms with Crippen LogP contribution in [0.25, 0.3) is 11.3 Å². The van der Waals surface area contributed by atoms with E-state index >= 15 is 0 Å². The van der Waals surface area contributed by atoms with Crippen molar-refractivity contribution < 1.29 is 17.9 Å². The maximum Gasteiger partial charge on any atom is 0.259 e. The molecule has 8 nitrogen and oxygen atoms in total. The Morgan fingerprint density at radius 1 is 1.03 bits per heavy atom. The molecule has 0 unspecified atom stereocenters. The molecule has 0 bridgehead atoms. The molecule has 35 heavy (non-hydrogen) atoms. The first-order valence-corrected chi connectivity index (χ1v) is 12.8. The highest BCUT2D eigenvalue weighted by atomic mass is 32.2. The van der Waals surface area contributed by atoms with E-state index in [1.165, 1.54) is 0 Å². The Kier molecular flexibility index (Phi) is 6.88. The molecule has 4 aromatic rings. The summed E-state index contributed by atoms with van der Waals surface area (Å²) in [4.78, 5) is 13.4. The van der Waals surface area contributed by atoms with E-state index in [0.29, 0.717) is 34.9 Å². The van der Waals surface area contributed by atoms with Crippen LogP contribution in [0, 0.1) is 6.92 Å². The number of hydrogen-bond donors (Lipinski definition) is 2. The number of nitrogens with one attached hydrogen (secondary N) is 2. The van der Waals surface area contributed by atoms with Gasteiger partial charge < -0.3 is 10.1 Å². The van der Waals surface area contributed by atoms with Gasteiger partial charge in [-0.25, -0.2) is 8.42 Å². The molecule has 0 saturated heterocycles. The van der Waals surface area contributed by atoms with E-state index in [2.05, 4.69) is 10.0 Å². The fourth-order valence-corrected chi connectivity index (χ4v) is 4.23. The van der Waals surface area contributed by atoms with Gasteiger partial charge in [-0.05, 0) is 54.4 Å². The minimum Gasteiger partial charge on any atom is -0.497 e. The Morgan fingerprint density at radius 2 is 1.74 bits per heavy atom. The van der Waals surface area contributed by atoms with Crippen molar-refractivity contribution in [2.24, 2.45) is 0 Å². The molecule has 0 spiro atoms. The van der Waals surface area contributed by atoms with E-state index in [1.807, 2.05) is 54.6 Å². The highest BCUT2D eigenvalue weighted by molar-refractivity contribution is 7.92. The number of amides is 1. The fraction of sp³-hybridized carbons (Fsp3) is 0.154. The summed E-state index contributed by atoms with van der Waals surface area (Å²) in [6, 6.07) is 22.2. The van der Waals surface area contributed by atoms with Gasteiger partial charge in [0.05, 0.1) is 31.2 Å². The average Bonchev–Trinajstić information content (AvgIpc) is 3.25. The van der Waals surface area contributed by atoms with Crippen LogP contribution in [0.15, 0.2) is 79.0 Å². The number of carbonyl (C=O) groups excluding carboxylic acids is 1. The van der Waals surface area contributed by atoms with Crippen LogP contribution in [0.3, 0.4) is 0 Å². The fourth-order valence-electron chi connectivity index (χ4n) is 3.61. The molecule has 1 aromatic heterocycles. The number of aromatic nitrogens is 2. The van der Waals surface area contributed by atoms with Crippen LogP contribution in [0.4, 0.5) is 11.4 Å². The monoisotopic (exact) mass is 490 g/mol. The minimum absolute atomic E-state index is 0.357. The lowest BCUT2D eigenvalue weighted by atomic mass is 10.1. The zero-order valence-electron chi connectivity index (χ0n) is 19.6. The van der Waals surface area contributed by atoms with E-state index in [-0.39, 0.29) is 5.91 Å². The number of benzene rings is 3. The van der Waals surface area contributed by atoms with E-state index in [4.69, 9.17) is 9.84 Å². The number of nitrogens with zero attached hydrogens (tertiary/aromatic N) is 2. The second-order valence-electron chi connectivity index (χ2n) is 8.16. The number of anilines is 2. The summed E-state index contributed by atoms with van der Waals surface area (Å²) in [5.74, 6) is 0.346. The quantitative estimate of drug-likeness (QED) is 0.378. The average molecular weight is 491 g/mol. The third kappa shape index (κ3) is 6.07. The minimum atomic E-state index is -3.46. The lowest BCUT2D eigenvalue weighted by Crippen LogP contribution is -2.14. The Balaban J connectivity index is 1.67. The van der Waals surface area contributed by atoms with E-state index in [0.717, 1.165) is 22.9 Å². The molecule has 4 rings (SSSR count). The van der Waals surface area contributed by atoms with Crippen LogP contribution < -0.4 is 14.8 Å². The first kappa shape index (κ1) is 24.0. The predicted octanol–water partition coefficient (Wildman–Crippen LogP) is 4.54. The smallest absolute Gasteiger partial charge is 0.259 e. The highest BCUT2D eigenvalue weighted by Gasteiger charge is 2.19. The molecular weight excluding hydrogens is 464 g/mol. The van der Waals surface area contributed by atoms with Crippen LogP contribution in [0.5, 0.6) is 5.75 Å². The Hall–Kier alpha value is -4.11. The molecule has 0 saturated carbocycles. The molecule has 0 aliphatic rings. The molecule has 0 radical (unpaired) electrons. The summed E-state index contributed by atoms with van der Waals surface area (Å²) < 4.78 is 32.8. The van der Waals surface area contributed by atoms with Gasteiger partial charge in [0.15, 0.2) is 0 Å². The summed E-state index contributed by atoms with van der Waals surface area (Å²) >= 11 is 0. The van der Waals surface area contributed by atoms with Gasteiger partial charge in [0, 0.05) is 17.4 Å². The first-order valence-electron chi connectivity index (χ1n) is 10.9. The third-order valence-electron chi connectivity index (χ3n) is 5.35. The van der Waals surface area contributed by atoms with Crippen molar-refractivity contribution in [3.05, 3.63) is 95.7 Å². The van der Waals surface area contributed by atoms with Gasteiger partial charge in [0.1, 0.15) is 11.4 Å². The summed E-state index contributed by atoms with van der Waals surface area (Å²) in [5, 5.41) is 7.57. The number of ether oxygens (including phenoxy) is 1. The van der Waals surface area contributed by atoms with Gasteiger partial charge in [-0.3, -0.25) is 14.2 Å². The van der Waals surface area contributed by atoms with Crippen molar-refractivity contribution in [2.75, 3.05) is 23.4 Å². The summed E-state index contributed by atoms with van der Waals surface area (Å²) in [5.41, 5.74) is 4.35. The summed E-state index contributed by atoms with van der Waals surface area (Å²) in [7, 11) is -1.86. The van der Waals surface area contributed by atoms with Crippen molar-refractivity contribution in [3.63, 3.8) is 0 Å². The summed E-state index contributed by atoms with van der Waals surface area (Å²) in [6.45, 7) is 2.29. The lowest BCUT2D eigenvalue weighted by Gasteiger charge is -2.11. The van der Waals surface area contributed by atoms with Gasteiger partial charge in [-0.2, -0.15) is 5.10 Å². The Bertz CT molecular complexity index is 1450. The number of rotatable bonds is 8. The number of methoxy groups -OCH3 is 1. The normalized spacial score (nSPS) is 11.2. The molecular formula is C26H26N4O4S. The molecule has 0 fully saturated rings. The molecule has 9 heteroatoms. The van der Waals surface area contributed by atoms with Gasteiger partial charge in [0.2, 0.25) is 10.0 Å². The second kappa shape index (κ2) is 10.0. The SMILES string of the molecule is COc1ccc(-c2nn(Cc3ccccc3)cc2C(=O)Nc2ccc(C)c(NS(C)(=O)=O)c2)cc1. The molecule has 2 N–H and O–H groups in total. The molecule has 1 amide bonds. The zero-order valence-corrected chi connectivity index (χ0v) is 20.5. The first-order chi connectivity index (χ1) is 16.7. The van der Waals surface area contributed by atoms with Crippen LogP contribution in [-0.2, 0) is 16.6 Å². The van der Waals surface area contributed by atoms with Crippen molar-refractivity contribution in [1.82, 2.24) is 9.78 Å². The number of carbonyl (C=O) groups is 1.